The van der Waals surface area contributed by atoms with E-state index in [1.165, 1.54) is 0 Å². The Hall–Kier alpha value is -1.70. The van der Waals surface area contributed by atoms with Crippen molar-refractivity contribution in [3.8, 4) is 0 Å². The van der Waals surface area contributed by atoms with Gasteiger partial charge in [0.2, 0.25) is 0 Å². The van der Waals surface area contributed by atoms with Crippen molar-refractivity contribution in [2.45, 2.75) is 97.4 Å². The first-order chi connectivity index (χ1) is 16.5. The molecule has 1 heterocycles. The minimum Gasteiger partial charge on any atom is -0.481 e. The maximum Gasteiger partial charge on any atom is 0.308 e. The molecule has 0 amide bonds. The molecule has 200 valence electrons. The molecule has 0 spiro atoms. The molecule has 2 rings (SSSR count). The fraction of sp³-hybridized carbons (Fsp3) is 0.786. The Morgan fingerprint density at radius 2 is 1.71 bits per heavy atom. The lowest BCUT2D eigenvalue weighted by Gasteiger charge is -2.28. The third-order valence-corrected chi connectivity index (χ3v) is 8.00. The van der Waals surface area contributed by atoms with Crippen molar-refractivity contribution in [2.75, 3.05) is 6.54 Å². The summed E-state index contributed by atoms with van der Waals surface area (Å²) in [6.07, 6.45) is 8.47. The van der Waals surface area contributed by atoms with Gasteiger partial charge in [-0.1, -0.05) is 52.3 Å². The summed E-state index contributed by atoms with van der Waals surface area (Å²) < 4.78 is 5.81. The Bertz CT molecular complexity index is 750. The van der Waals surface area contributed by atoms with Gasteiger partial charge < -0.3 is 25.8 Å². The van der Waals surface area contributed by atoms with Crippen molar-refractivity contribution in [1.29, 1.82) is 0 Å². The molecule has 1 aliphatic carbocycles. The smallest absolute Gasteiger partial charge is 0.308 e. The van der Waals surface area contributed by atoms with Crippen LogP contribution in [0.5, 0.6) is 0 Å². The lowest BCUT2D eigenvalue weighted by Crippen LogP contribution is -2.34. The number of carboxylic acids is 1. The summed E-state index contributed by atoms with van der Waals surface area (Å²) in [7, 11) is 0. The molecule has 0 aromatic rings. The molecule has 7 heteroatoms. The topological polar surface area (TPSA) is 130 Å². The molecule has 5 N–H and O–H groups in total. The lowest BCUT2D eigenvalue weighted by molar-refractivity contribution is -0.159. The predicted octanol–water partition coefficient (Wildman–Crippen LogP) is 4.07. The average Bonchev–Trinajstić information content (AvgIpc) is 3.27. The highest BCUT2D eigenvalue weighted by atomic mass is 16.5. The molecule has 0 radical (unpaired) electrons. The molecule has 0 unspecified atom stereocenters. The number of ether oxygens (including phenoxy) is 1. The van der Waals surface area contributed by atoms with E-state index in [-0.39, 0.29) is 30.7 Å². The lowest BCUT2D eigenvalue weighted by atomic mass is 9.82. The largest absolute Gasteiger partial charge is 0.481 e. The van der Waals surface area contributed by atoms with E-state index >= 15 is 0 Å². The minimum atomic E-state index is -0.855. The molecule has 0 aromatic carbocycles. The van der Waals surface area contributed by atoms with Crippen LogP contribution in [0.25, 0.3) is 0 Å². The van der Waals surface area contributed by atoms with E-state index in [2.05, 4.69) is 13.8 Å². The zero-order valence-corrected chi connectivity index (χ0v) is 21.9. The van der Waals surface area contributed by atoms with E-state index in [0.717, 1.165) is 31.3 Å². The van der Waals surface area contributed by atoms with Gasteiger partial charge in [0.1, 0.15) is 6.10 Å². The number of carboxylic acid groups (broad SMARTS) is 1. The maximum absolute atomic E-state index is 12.8. The molecule has 0 bridgehead atoms. The Kier molecular flexibility index (Phi) is 11.9. The number of hydrogen-bond acceptors (Lipinski definition) is 6. The standard InChI is InChI=1S/C28H47NO6/c1-17-12-18(2)14-20(4)27(32)21(16-29)8-5-6-11-25(22-9-7-10-23(22)28(33)34)35-26(31)15-24(30)19(3)13-17/h5-6,8,17-20,22-25,27,30,32H,7,9-16,29H2,1-4H3,(H,33,34)/t17-,18+,19-,20-,22+,23+,24-,25-,27+/m0/s1. The number of nitrogens with two attached hydrogens (primary N) is 1. The molecule has 7 nitrogen and oxygen atoms in total. The van der Waals surface area contributed by atoms with Gasteiger partial charge in [-0.05, 0) is 61.3 Å². The Balaban J connectivity index is 2.29. The molecule has 1 aliphatic heterocycles. The van der Waals surface area contributed by atoms with E-state index < -0.39 is 36.2 Å². The van der Waals surface area contributed by atoms with E-state index in [1.54, 1.807) is 0 Å². The van der Waals surface area contributed by atoms with E-state index in [1.807, 2.05) is 32.1 Å². The van der Waals surface area contributed by atoms with Gasteiger partial charge in [-0.2, -0.15) is 0 Å². The number of hydrogen-bond donors (Lipinski definition) is 4. The normalized spacial score (nSPS) is 38.8. The molecule has 1 saturated carbocycles. The summed E-state index contributed by atoms with van der Waals surface area (Å²) in [5, 5.41) is 31.2. The maximum atomic E-state index is 12.8. The second-order valence-corrected chi connectivity index (χ2v) is 11.3. The fourth-order valence-electron chi connectivity index (χ4n) is 6.13. The van der Waals surface area contributed by atoms with Crippen LogP contribution in [0.3, 0.4) is 0 Å². The summed E-state index contributed by atoms with van der Waals surface area (Å²) >= 11 is 0. The van der Waals surface area contributed by atoms with Crippen molar-refractivity contribution >= 4 is 11.9 Å². The van der Waals surface area contributed by atoms with Gasteiger partial charge in [0.25, 0.3) is 0 Å². The van der Waals surface area contributed by atoms with Crippen LogP contribution in [0, 0.1) is 35.5 Å². The highest BCUT2D eigenvalue weighted by Gasteiger charge is 2.39. The number of cyclic esters (lactones) is 1. The predicted molar refractivity (Wildman–Crippen MR) is 136 cm³/mol. The van der Waals surface area contributed by atoms with Crippen molar-refractivity contribution < 1.29 is 29.6 Å². The summed E-state index contributed by atoms with van der Waals surface area (Å²) in [6.45, 7) is 8.61. The van der Waals surface area contributed by atoms with Crippen molar-refractivity contribution in [3.63, 3.8) is 0 Å². The van der Waals surface area contributed by atoms with Crippen LogP contribution >= 0.6 is 0 Å². The van der Waals surface area contributed by atoms with Gasteiger partial charge in [-0.3, -0.25) is 9.59 Å². The highest BCUT2D eigenvalue weighted by molar-refractivity contribution is 5.72. The third kappa shape index (κ3) is 9.03. The van der Waals surface area contributed by atoms with Crippen LogP contribution in [0.1, 0.15) is 79.1 Å². The third-order valence-electron chi connectivity index (χ3n) is 8.00. The van der Waals surface area contributed by atoms with Gasteiger partial charge in [0.15, 0.2) is 0 Å². The number of rotatable bonds is 3. The summed E-state index contributed by atoms with van der Waals surface area (Å²) in [5.74, 6) is -1.36. The zero-order valence-electron chi connectivity index (χ0n) is 21.9. The minimum absolute atomic E-state index is 0.0602. The fourth-order valence-corrected chi connectivity index (χ4v) is 6.13. The molecule has 35 heavy (non-hydrogen) atoms. The van der Waals surface area contributed by atoms with E-state index in [0.29, 0.717) is 31.1 Å². The number of carbonyl (C=O) groups is 2. The number of aliphatic hydroxyl groups excluding tert-OH is 2. The summed E-state index contributed by atoms with van der Waals surface area (Å²) in [6, 6.07) is 0. The average molecular weight is 494 g/mol. The molecule has 1 fully saturated rings. The molecule has 2 aliphatic rings. The second-order valence-electron chi connectivity index (χ2n) is 11.3. The number of allylic oxidation sites excluding steroid dienone is 2. The molecular weight excluding hydrogens is 446 g/mol. The number of esters is 1. The first-order valence-electron chi connectivity index (χ1n) is 13.4. The number of aliphatic hydroxyl groups is 2. The van der Waals surface area contributed by atoms with Crippen LogP contribution in [0.2, 0.25) is 0 Å². The van der Waals surface area contributed by atoms with Gasteiger partial charge in [0, 0.05) is 18.9 Å². The molecular formula is C28H47NO6. The van der Waals surface area contributed by atoms with Crippen molar-refractivity contribution in [3.05, 3.63) is 23.8 Å². The van der Waals surface area contributed by atoms with Gasteiger partial charge in [0.05, 0.1) is 24.5 Å². The highest BCUT2D eigenvalue weighted by Crippen LogP contribution is 2.37. The van der Waals surface area contributed by atoms with E-state index in [9.17, 15) is 24.9 Å². The quantitative estimate of drug-likeness (QED) is 0.436. The monoisotopic (exact) mass is 493 g/mol. The van der Waals surface area contributed by atoms with E-state index in [4.69, 9.17) is 10.5 Å². The first-order valence-corrected chi connectivity index (χ1v) is 13.4. The SMILES string of the molecule is C[C@@H]1C[C@H](C)C[C@H](C)[C@@H](O)CC(=O)O[C@H]([C@@H]2CCC[C@H]2C(=O)O)CC=CC=C(CN)[C@H](O)[C@@H](C)C1. The molecule has 9 atom stereocenters. The number of aliphatic carboxylic acids is 1. The molecule has 0 saturated heterocycles. The first kappa shape index (κ1) is 29.5. The second kappa shape index (κ2) is 14.1. The molecule has 0 aromatic heterocycles. The van der Waals surface area contributed by atoms with Gasteiger partial charge in [-0.15, -0.1) is 0 Å². The van der Waals surface area contributed by atoms with Gasteiger partial charge in [-0.25, -0.2) is 0 Å². The van der Waals surface area contributed by atoms with Crippen LogP contribution in [-0.4, -0.2) is 52.1 Å². The summed E-state index contributed by atoms with van der Waals surface area (Å²) in [4.78, 5) is 24.5. The van der Waals surface area contributed by atoms with Crippen molar-refractivity contribution in [2.24, 2.45) is 41.2 Å². The van der Waals surface area contributed by atoms with Crippen molar-refractivity contribution in [1.82, 2.24) is 0 Å². The Morgan fingerprint density at radius 3 is 2.34 bits per heavy atom. The van der Waals surface area contributed by atoms with Crippen LogP contribution in [0.4, 0.5) is 0 Å². The zero-order chi connectivity index (χ0) is 26.1. The number of carbonyl (C=O) groups excluding carboxylic acids is 1. The van der Waals surface area contributed by atoms with Crippen LogP contribution < -0.4 is 5.73 Å². The van der Waals surface area contributed by atoms with Gasteiger partial charge >= 0.3 is 11.9 Å². The van der Waals surface area contributed by atoms with Crippen LogP contribution in [0.15, 0.2) is 23.8 Å². The van der Waals surface area contributed by atoms with Crippen LogP contribution in [-0.2, 0) is 14.3 Å². The Morgan fingerprint density at radius 1 is 1.06 bits per heavy atom. The Labute approximate surface area is 210 Å². The summed E-state index contributed by atoms with van der Waals surface area (Å²) in [5.41, 5.74) is 6.69.